The molecule has 0 aliphatic heterocycles. The lowest BCUT2D eigenvalue weighted by molar-refractivity contribution is -0.140. The van der Waals surface area contributed by atoms with Crippen LogP contribution in [0.2, 0.25) is 0 Å². The first-order chi connectivity index (χ1) is 8.84. The number of methoxy groups -OCH3 is 1. The van der Waals surface area contributed by atoms with E-state index in [4.69, 9.17) is 0 Å². The fraction of sp³-hybridized carbons (Fsp3) is 0.364. The third-order valence-electron chi connectivity index (χ3n) is 2.22. The highest BCUT2D eigenvalue weighted by Gasteiger charge is 2.14. The minimum absolute atomic E-state index is 0.0464. The maximum absolute atomic E-state index is 13.2. The van der Waals surface area contributed by atoms with Gasteiger partial charge in [0.2, 0.25) is 10.0 Å². The number of carbonyl (C=O) groups is 1. The quantitative estimate of drug-likeness (QED) is 0.810. The predicted molar refractivity (Wildman–Crippen MR) is 65.0 cm³/mol. The van der Waals surface area contributed by atoms with Gasteiger partial charge in [0.15, 0.2) is 0 Å². The van der Waals surface area contributed by atoms with Crippen LogP contribution in [0.5, 0.6) is 0 Å². The van der Waals surface area contributed by atoms with Crippen LogP contribution in [0, 0.1) is 11.6 Å². The van der Waals surface area contributed by atoms with E-state index in [9.17, 15) is 22.0 Å². The van der Waals surface area contributed by atoms with E-state index in [0.717, 1.165) is 12.1 Å². The van der Waals surface area contributed by atoms with E-state index in [0.29, 0.717) is 6.07 Å². The molecular formula is C11H13F2NO4S. The summed E-state index contributed by atoms with van der Waals surface area (Å²) in [6.45, 7) is 0. The van der Waals surface area contributed by atoms with Gasteiger partial charge in [0.05, 0.1) is 18.6 Å². The van der Waals surface area contributed by atoms with E-state index in [2.05, 4.69) is 4.74 Å². The van der Waals surface area contributed by atoms with E-state index < -0.39 is 27.6 Å². The van der Waals surface area contributed by atoms with Crippen molar-refractivity contribution in [2.45, 2.75) is 12.8 Å². The molecule has 8 heteroatoms. The van der Waals surface area contributed by atoms with Crippen LogP contribution in [0.15, 0.2) is 18.2 Å². The molecule has 0 unspecified atom stereocenters. The summed E-state index contributed by atoms with van der Waals surface area (Å²) < 4.78 is 55.4. The highest BCUT2D eigenvalue weighted by atomic mass is 32.2. The number of anilines is 1. The maximum atomic E-state index is 13.2. The summed E-state index contributed by atoms with van der Waals surface area (Å²) in [6, 6.07) is 2.50. The van der Waals surface area contributed by atoms with Crippen LogP contribution in [0.3, 0.4) is 0 Å². The Morgan fingerprint density at radius 3 is 2.63 bits per heavy atom. The van der Waals surface area contributed by atoms with Crippen LogP contribution in [-0.4, -0.2) is 27.2 Å². The van der Waals surface area contributed by atoms with E-state index in [1.165, 1.54) is 7.11 Å². The highest BCUT2D eigenvalue weighted by molar-refractivity contribution is 7.92. The lowest BCUT2D eigenvalue weighted by Gasteiger charge is -2.08. The third-order valence-corrected chi connectivity index (χ3v) is 3.58. The van der Waals surface area contributed by atoms with Gasteiger partial charge in [0.1, 0.15) is 11.6 Å². The van der Waals surface area contributed by atoms with Crippen molar-refractivity contribution >= 4 is 21.7 Å². The molecule has 1 rings (SSSR count). The monoisotopic (exact) mass is 293 g/mol. The largest absolute Gasteiger partial charge is 0.469 e. The molecule has 0 amide bonds. The van der Waals surface area contributed by atoms with Crippen LogP contribution in [0.4, 0.5) is 14.5 Å². The van der Waals surface area contributed by atoms with E-state index >= 15 is 0 Å². The molecule has 0 aliphatic carbocycles. The zero-order chi connectivity index (χ0) is 14.5. The molecule has 1 aromatic rings. The van der Waals surface area contributed by atoms with Gasteiger partial charge in [0, 0.05) is 12.5 Å². The second-order valence-corrected chi connectivity index (χ2v) is 5.57. The van der Waals surface area contributed by atoms with E-state index in [-0.39, 0.29) is 24.3 Å². The molecule has 0 radical (unpaired) electrons. The van der Waals surface area contributed by atoms with Gasteiger partial charge in [-0.25, -0.2) is 17.2 Å². The molecule has 0 atom stereocenters. The Bertz CT molecular complexity index is 560. The molecule has 0 fully saturated rings. The lowest BCUT2D eigenvalue weighted by Crippen LogP contribution is -2.18. The molecule has 106 valence electrons. The van der Waals surface area contributed by atoms with Gasteiger partial charge in [-0.3, -0.25) is 9.52 Å². The average molecular weight is 293 g/mol. The predicted octanol–water partition coefficient (Wildman–Crippen LogP) is 1.66. The Morgan fingerprint density at radius 1 is 1.37 bits per heavy atom. The van der Waals surface area contributed by atoms with Crippen molar-refractivity contribution in [3.63, 3.8) is 0 Å². The van der Waals surface area contributed by atoms with Crippen molar-refractivity contribution < 1.29 is 26.7 Å². The SMILES string of the molecule is COC(=O)CCCS(=O)(=O)Nc1ccc(F)cc1F. The molecule has 0 spiro atoms. The van der Waals surface area contributed by atoms with Crippen molar-refractivity contribution in [3.8, 4) is 0 Å². The van der Waals surface area contributed by atoms with Crippen LogP contribution in [-0.2, 0) is 19.6 Å². The molecule has 19 heavy (non-hydrogen) atoms. The number of ether oxygens (including phenoxy) is 1. The molecule has 0 aromatic heterocycles. The molecule has 0 aliphatic rings. The van der Waals surface area contributed by atoms with Crippen molar-refractivity contribution in [2.24, 2.45) is 0 Å². The van der Waals surface area contributed by atoms with Gasteiger partial charge in [-0.1, -0.05) is 0 Å². The van der Waals surface area contributed by atoms with Crippen molar-refractivity contribution in [1.29, 1.82) is 0 Å². The van der Waals surface area contributed by atoms with Gasteiger partial charge in [0.25, 0.3) is 0 Å². The van der Waals surface area contributed by atoms with Crippen LogP contribution in [0.1, 0.15) is 12.8 Å². The minimum atomic E-state index is -3.79. The number of benzene rings is 1. The summed E-state index contributed by atoms with van der Waals surface area (Å²) in [6.07, 6.45) is -0.00582. The smallest absolute Gasteiger partial charge is 0.305 e. The van der Waals surface area contributed by atoms with Gasteiger partial charge in [-0.2, -0.15) is 0 Å². The fourth-order valence-corrected chi connectivity index (χ4v) is 2.43. The first kappa shape index (κ1) is 15.4. The molecule has 0 heterocycles. The normalized spacial score (nSPS) is 11.1. The Hall–Kier alpha value is -1.70. The highest BCUT2D eigenvalue weighted by Crippen LogP contribution is 2.16. The lowest BCUT2D eigenvalue weighted by atomic mass is 10.3. The van der Waals surface area contributed by atoms with Crippen LogP contribution >= 0.6 is 0 Å². The Balaban J connectivity index is 2.61. The number of hydrogen-bond donors (Lipinski definition) is 1. The van der Waals surface area contributed by atoms with Crippen LogP contribution < -0.4 is 4.72 Å². The van der Waals surface area contributed by atoms with E-state index in [1.807, 2.05) is 4.72 Å². The molecule has 5 nitrogen and oxygen atoms in total. The summed E-state index contributed by atoms with van der Waals surface area (Å²) in [5.74, 6) is -2.69. The molecule has 0 bridgehead atoms. The second-order valence-electron chi connectivity index (χ2n) is 3.72. The zero-order valence-electron chi connectivity index (χ0n) is 10.2. The average Bonchev–Trinajstić information content (AvgIpc) is 2.32. The van der Waals surface area contributed by atoms with Gasteiger partial charge < -0.3 is 4.74 Å². The number of rotatable bonds is 6. The van der Waals surface area contributed by atoms with Gasteiger partial charge >= 0.3 is 5.97 Å². The molecule has 1 aromatic carbocycles. The van der Waals surface area contributed by atoms with Gasteiger partial charge in [-0.15, -0.1) is 0 Å². The summed E-state index contributed by atoms with van der Waals surface area (Å²) in [7, 11) is -2.60. The molecular weight excluding hydrogens is 280 g/mol. The number of carbonyl (C=O) groups excluding carboxylic acids is 1. The summed E-state index contributed by atoms with van der Waals surface area (Å²) in [5.41, 5.74) is -0.334. The number of esters is 1. The number of halogens is 2. The van der Waals surface area contributed by atoms with Crippen molar-refractivity contribution in [3.05, 3.63) is 29.8 Å². The molecule has 0 saturated heterocycles. The number of sulfonamides is 1. The zero-order valence-corrected chi connectivity index (χ0v) is 11.0. The van der Waals surface area contributed by atoms with E-state index in [1.54, 1.807) is 0 Å². The first-order valence-corrected chi connectivity index (χ1v) is 7.01. The van der Waals surface area contributed by atoms with Crippen LogP contribution in [0.25, 0.3) is 0 Å². The van der Waals surface area contributed by atoms with Gasteiger partial charge in [-0.05, 0) is 18.6 Å². The Labute approximate surface area is 109 Å². The number of nitrogens with one attached hydrogen (secondary N) is 1. The topological polar surface area (TPSA) is 72.5 Å². The summed E-state index contributed by atoms with van der Waals surface area (Å²) in [5, 5.41) is 0. The second kappa shape index (κ2) is 6.46. The molecule has 1 N–H and O–H groups in total. The Kier molecular flexibility index (Phi) is 5.22. The standard InChI is InChI=1S/C11H13F2NO4S/c1-18-11(15)3-2-6-19(16,17)14-10-5-4-8(12)7-9(10)13/h4-5,7,14H,2-3,6H2,1H3. The van der Waals surface area contributed by atoms with Crippen molar-refractivity contribution in [2.75, 3.05) is 17.6 Å². The third kappa shape index (κ3) is 5.21. The minimum Gasteiger partial charge on any atom is -0.469 e. The first-order valence-electron chi connectivity index (χ1n) is 5.36. The number of hydrogen-bond acceptors (Lipinski definition) is 4. The summed E-state index contributed by atoms with van der Waals surface area (Å²) >= 11 is 0. The molecule has 0 saturated carbocycles. The fourth-order valence-electron chi connectivity index (χ4n) is 1.30. The Morgan fingerprint density at radius 2 is 2.05 bits per heavy atom. The van der Waals surface area contributed by atoms with Crippen molar-refractivity contribution in [1.82, 2.24) is 0 Å². The summed E-state index contributed by atoms with van der Waals surface area (Å²) in [4.78, 5) is 10.8. The maximum Gasteiger partial charge on any atom is 0.305 e.